The number of carbonyl (C=O) groups is 1. The van der Waals surface area contributed by atoms with Gasteiger partial charge in [0.2, 0.25) is 0 Å². The van der Waals surface area contributed by atoms with Crippen molar-refractivity contribution in [2.75, 3.05) is 13.4 Å². The lowest BCUT2D eigenvalue weighted by atomic mass is 10.3. The number of aryl methyl sites for hydroxylation is 1. The predicted octanol–water partition coefficient (Wildman–Crippen LogP) is -0.0249. The summed E-state index contributed by atoms with van der Waals surface area (Å²) in [4.78, 5) is 18.7. The number of aromatic nitrogens is 2. The van der Waals surface area contributed by atoms with Crippen LogP contribution in [-0.4, -0.2) is 37.7 Å². The first-order valence-corrected chi connectivity index (χ1v) is 5.87. The molecule has 0 aromatic carbocycles. The number of ether oxygens (including phenoxy) is 1. The van der Waals surface area contributed by atoms with Crippen molar-refractivity contribution in [2.24, 2.45) is 0 Å². The Kier molecular flexibility index (Phi) is 3.04. The maximum Gasteiger partial charge on any atom is 0.342 e. The van der Waals surface area contributed by atoms with E-state index in [1.807, 2.05) is 0 Å². The van der Waals surface area contributed by atoms with Crippen molar-refractivity contribution < 1.29 is 17.9 Å². The topological polar surface area (TPSA) is 86.2 Å². The molecule has 1 rings (SSSR count). The highest BCUT2D eigenvalue weighted by atomic mass is 32.2. The van der Waals surface area contributed by atoms with Crippen LogP contribution >= 0.6 is 0 Å². The van der Waals surface area contributed by atoms with Crippen LogP contribution in [0.2, 0.25) is 0 Å². The quantitative estimate of drug-likeness (QED) is 0.524. The molecule has 0 aliphatic carbocycles. The van der Waals surface area contributed by atoms with Gasteiger partial charge < -0.3 is 4.74 Å². The third kappa shape index (κ3) is 2.50. The molecule has 0 aliphatic rings. The van der Waals surface area contributed by atoms with Crippen molar-refractivity contribution in [2.45, 2.75) is 11.9 Å². The summed E-state index contributed by atoms with van der Waals surface area (Å²) in [6.45, 7) is 1.54. The van der Waals surface area contributed by atoms with Crippen molar-refractivity contribution in [3.8, 4) is 0 Å². The molecule has 7 heteroatoms. The average Bonchev–Trinajstić information content (AvgIpc) is 2.15. The lowest BCUT2D eigenvalue weighted by Gasteiger charge is -2.04. The van der Waals surface area contributed by atoms with Crippen LogP contribution in [0.15, 0.2) is 11.2 Å². The Morgan fingerprint density at radius 2 is 2.07 bits per heavy atom. The number of nitrogens with zero attached hydrogens (tertiary/aromatic N) is 2. The Bertz CT molecular complexity index is 495. The molecule has 1 aromatic rings. The zero-order valence-electron chi connectivity index (χ0n) is 8.51. The fourth-order valence-corrected chi connectivity index (χ4v) is 1.82. The van der Waals surface area contributed by atoms with E-state index in [0.29, 0.717) is 0 Å². The van der Waals surface area contributed by atoms with Crippen LogP contribution in [-0.2, 0) is 14.6 Å². The third-order valence-electron chi connectivity index (χ3n) is 1.63. The van der Waals surface area contributed by atoms with E-state index in [4.69, 9.17) is 0 Å². The van der Waals surface area contributed by atoms with E-state index in [-0.39, 0.29) is 16.4 Å². The van der Waals surface area contributed by atoms with Crippen molar-refractivity contribution >= 4 is 15.8 Å². The molecule has 0 atom stereocenters. The molecule has 1 heterocycles. The van der Waals surface area contributed by atoms with Gasteiger partial charge in [-0.2, -0.15) is 0 Å². The van der Waals surface area contributed by atoms with Gasteiger partial charge in [0.15, 0.2) is 14.9 Å². The number of carbonyl (C=O) groups excluding carboxylic acids is 1. The maximum absolute atomic E-state index is 11.3. The van der Waals surface area contributed by atoms with Gasteiger partial charge in [0.25, 0.3) is 0 Å². The normalized spacial score (nSPS) is 11.1. The van der Waals surface area contributed by atoms with Crippen molar-refractivity contribution in [1.82, 2.24) is 9.97 Å². The van der Waals surface area contributed by atoms with Crippen LogP contribution in [0, 0.1) is 6.92 Å². The van der Waals surface area contributed by atoms with Crippen LogP contribution in [0.1, 0.15) is 16.2 Å². The monoisotopic (exact) mass is 230 g/mol. The Morgan fingerprint density at radius 1 is 1.47 bits per heavy atom. The molecule has 0 fully saturated rings. The van der Waals surface area contributed by atoms with Crippen LogP contribution in [0.3, 0.4) is 0 Å². The van der Waals surface area contributed by atoms with E-state index < -0.39 is 15.8 Å². The SMILES string of the molecule is COC(=O)c1cnc(C)nc1S(C)(=O)=O. The minimum Gasteiger partial charge on any atom is -0.465 e. The zero-order chi connectivity index (χ0) is 11.6. The molecule has 15 heavy (non-hydrogen) atoms. The number of sulfone groups is 1. The van der Waals surface area contributed by atoms with E-state index in [0.717, 1.165) is 19.6 Å². The number of rotatable bonds is 2. The van der Waals surface area contributed by atoms with E-state index in [9.17, 15) is 13.2 Å². The fourth-order valence-electron chi connectivity index (χ4n) is 0.982. The van der Waals surface area contributed by atoms with Gasteiger partial charge in [0.05, 0.1) is 7.11 Å². The first kappa shape index (κ1) is 11.6. The highest BCUT2D eigenvalue weighted by Crippen LogP contribution is 2.12. The third-order valence-corrected chi connectivity index (χ3v) is 2.64. The minimum atomic E-state index is -3.56. The van der Waals surface area contributed by atoms with Gasteiger partial charge in [0.1, 0.15) is 11.4 Å². The van der Waals surface area contributed by atoms with Crippen molar-refractivity contribution in [3.05, 3.63) is 17.6 Å². The van der Waals surface area contributed by atoms with Gasteiger partial charge in [-0.3, -0.25) is 0 Å². The second-order valence-electron chi connectivity index (χ2n) is 2.90. The molecule has 6 nitrogen and oxygen atoms in total. The van der Waals surface area contributed by atoms with Crippen LogP contribution in [0.5, 0.6) is 0 Å². The van der Waals surface area contributed by atoms with Gasteiger partial charge in [0, 0.05) is 12.5 Å². The Balaban J connectivity index is 3.47. The zero-order valence-corrected chi connectivity index (χ0v) is 9.33. The molecule has 82 valence electrons. The first-order chi connectivity index (χ1) is 6.86. The van der Waals surface area contributed by atoms with Gasteiger partial charge >= 0.3 is 5.97 Å². The molecule has 0 amide bonds. The highest BCUT2D eigenvalue weighted by molar-refractivity contribution is 7.90. The van der Waals surface area contributed by atoms with Gasteiger partial charge in [-0.1, -0.05) is 0 Å². The molecule has 0 spiro atoms. The number of methoxy groups -OCH3 is 1. The summed E-state index contributed by atoms with van der Waals surface area (Å²) >= 11 is 0. The highest BCUT2D eigenvalue weighted by Gasteiger charge is 2.21. The van der Waals surface area contributed by atoms with E-state index in [2.05, 4.69) is 14.7 Å². The standard InChI is InChI=1S/C8H10N2O4S/c1-5-9-4-6(8(11)14-2)7(10-5)15(3,12)13/h4H,1-3H3. The largest absolute Gasteiger partial charge is 0.465 e. The summed E-state index contributed by atoms with van der Waals surface area (Å²) in [5, 5.41) is -0.304. The minimum absolute atomic E-state index is 0.148. The Hall–Kier alpha value is -1.50. The van der Waals surface area contributed by atoms with E-state index in [1.165, 1.54) is 6.92 Å². The van der Waals surface area contributed by atoms with Gasteiger partial charge in [-0.15, -0.1) is 0 Å². The summed E-state index contributed by atoms with van der Waals surface area (Å²) in [5.41, 5.74) is -0.148. The number of esters is 1. The second kappa shape index (κ2) is 3.93. The Labute approximate surface area is 87.2 Å². The first-order valence-electron chi connectivity index (χ1n) is 3.98. The second-order valence-corrected chi connectivity index (χ2v) is 4.83. The van der Waals surface area contributed by atoms with Crippen LogP contribution in [0.4, 0.5) is 0 Å². The average molecular weight is 230 g/mol. The summed E-state index contributed by atoms with van der Waals surface area (Å²) < 4.78 is 27.1. The molecule has 0 bridgehead atoms. The van der Waals surface area contributed by atoms with Crippen molar-refractivity contribution in [3.63, 3.8) is 0 Å². The summed E-state index contributed by atoms with van der Waals surface area (Å²) in [6.07, 6.45) is 2.12. The molecule has 0 radical (unpaired) electrons. The summed E-state index contributed by atoms with van der Waals surface area (Å²) in [5.74, 6) is -0.487. The molecular formula is C8H10N2O4S. The number of hydrogen-bond donors (Lipinski definition) is 0. The lowest BCUT2D eigenvalue weighted by molar-refractivity contribution is 0.0594. The van der Waals surface area contributed by atoms with Gasteiger partial charge in [-0.25, -0.2) is 23.2 Å². The molecule has 0 aliphatic heterocycles. The van der Waals surface area contributed by atoms with E-state index >= 15 is 0 Å². The molecular weight excluding hydrogens is 220 g/mol. The molecule has 1 aromatic heterocycles. The molecule has 0 saturated heterocycles. The fraction of sp³-hybridized carbons (Fsp3) is 0.375. The summed E-state index contributed by atoms with van der Waals surface area (Å²) in [6, 6.07) is 0. The van der Waals surface area contributed by atoms with Gasteiger partial charge in [-0.05, 0) is 6.92 Å². The van der Waals surface area contributed by atoms with Crippen LogP contribution in [0.25, 0.3) is 0 Å². The maximum atomic E-state index is 11.3. The van der Waals surface area contributed by atoms with E-state index in [1.54, 1.807) is 0 Å². The lowest BCUT2D eigenvalue weighted by Crippen LogP contribution is -2.13. The smallest absolute Gasteiger partial charge is 0.342 e. The summed E-state index contributed by atoms with van der Waals surface area (Å²) in [7, 11) is -2.40. The van der Waals surface area contributed by atoms with Crippen LogP contribution < -0.4 is 0 Å². The number of hydrogen-bond acceptors (Lipinski definition) is 6. The Morgan fingerprint density at radius 3 is 2.53 bits per heavy atom. The molecule has 0 saturated carbocycles. The van der Waals surface area contributed by atoms with Crippen molar-refractivity contribution in [1.29, 1.82) is 0 Å². The molecule has 0 unspecified atom stereocenters. The predicted molar refractivity (Wildman–Crippen MR) is 51.2 cm³/mol. The molecule has 0 N–H and O–H groups in total.